The van der Waals surface area contributed by atoms with Gasteiger partial charge in [-0.1, -0.05) is 36.0 Å². The van der Waals surface area contributed by atoms with Crippen molar-refractivity contribution in [3.05, 3.63) is 105 Å². The van der Waals surface area contributed by atoms with Gasteiger partial charge in [-0.25, -0.2) is 9.37 Å². The third-order valence-electron chi connectivity index (χ3n) is 4.34. The molecular weight excluding hydrogens is 393 g/mol. The van der Waals surface area contributed by atoms with E-state index in [1.807, 2.05) is 0 Å². The predicted octanol–water partition coefficient (Wildman–Crippen LogP) is 4.73. The smallest absolute Gasteiger partial charge is 0.268 e. The van der Waals surface area contributed by atoms with Crippen LogP contribution in [-0.2, 0) is 5.75 Å². The Bertz CT molecular complexity index is 1260. The van der Waals surface area contributed by atoms with Crippen LogP contribution in [0.4, 0.5) is 10.1 Å². The number of nitrogens with zero attached hydrogens (tertiary/aromatic N) is 3. The second-order valence-corrected chi connectivity index (χ2v) is 7.18. The molecule has 4 rings (SSSR count). The molecule has 0 unspecified atom stereocenters. The van der Waals surface area contributed by atoms with Crippen LogP contribution < -0.4 is 5.56 Å². The average Bonchev–Trinajstić information content (AvgIpc) is 2.73. The third-order valence-corrected chi connectivity index (χ3v) is 5.35. The van der Waals surface area contributed by atoms with Crippen molar-refractivity contribution >= 4 is 28.4 Å². The second-order valence-electron chi connectivity index (χ2n) is 6.24. The summed E-state index contributed by atoms with van der Waals surface area (Å²) in [5.74, 6) is 0.170. The number of thioether (sulfide) groups is 1. The van der Waals surface area contributed by atoms with Gasteiger partial charge in [-0.2, -0.15) is 0 Å². The number of nitro benzene ring substituents is 1. The molecule has 8 heteroatoms. The minimum Gasteiger partial charge on any atom is -0.268 e. The molecule has 0 aliphatic heterocycles. The molecule has 0 aliphatic rings. The summed E-state index contributed by atoms with van der Waals surface area (Å²) in [6.07, 6.45) is 0. The predicted molar refractivity (Wildman–Crippen MR) is 110 cm³/mol. The molecule has 1 aromatic heterocycles. The molecule has 3 aromatic carbocycles. The molecule has 0 aliphatic carbocycles. The quantitative estimate of drug-likeness (QED) is 0.207. The normalized spacial score (nSPS) is 10.9. The van der Waals surface area contributed by atoms with Crippen LogP contribution >= 0.6 is 11.8 Å². The molecule has 0 fully saturated rings. The molecule has 4 aromatic rings. The number of aromatic nitrogens is 2. The molecule has 0 amide bonds. The van der Waals surface area contributed by atoms with Crippen LogP contribution in [0, 0.1) is 15.9 Å². The fourth-order valence-corrected chi connectivity index (χ4v) is 3.86. The molecule has 0 saturated heterocycles. The summed E-state index contributed by atoms with van der Waals surface area (Å²) < 4.78 is 14.6. The fraction of sp³-hybridized carbons (Fsp3) is 0.0476. The van der Waals surface area contributed by atoms with Crippen LogP contribution in [0.1, 0.15) is 5.56 Å². The monoisotopic (exact) mass is 407 g/mol. The lowest BCUT2D eigenvalue weighted by molar-refractivity contribution is -0.384. The largest absolute Gasteiger partial charge is 0.269 e. The van der Waals surface area contributed by atoms with Gasteiger partial charge in [0.05, 0.1) is 21.5 Å². The van der Waals surface area contributed by atoms with Crippen LogP contribution in [0.15, 0.2) is 82.7 Å². The first kappa shape index (κ1) is 18.8. The number of rotatable bonds is 5. The van der Waals surface area contributed by atoms with E-state index in [9.17, 15) is 19.3 Å². The molecule has 29 heavy (non-hydrogen) atoms. The van der Waals surface area contributed by atoms with Crippen LogP contribution in [0.25, 0.3) is 16.6 Å². The number of hydrogen-bond acceptors (Lipinski definition) is 5. The molecule has 144 valence electrons. The highest BCUT2D eigenvalue weighted by Crippen LogP contribution is 2.25. The molecule has 0 radical (unpaired) electrons. The molecule has 1 heterocycles. The zero-order valence-electron chi connectivity index (χ0n) is 15.0. The minimum atomic E-state index is -0.491. The molecule has 0 spiro atoms. The van der Waals surface area contributed by atoms with Gasteiger partial charge in [-0.3, -0.25) is 19.5 Å². The Kier molecular flexibility index (Phi) is 5.09. The van der Waals surface area contributed by atoms with E-state index in [-0.39, 0.29) is 17.1 Å². The summed E-state index contributed by atoms with van der Waals surface area (Å²) in [6, 6.07) is 18.9. The summed E-state index contributed by atoms with van der Waals surface area (Å²) in [5.41, 5.74) is 1.62. The Balaban J connectivity index is 1.80. The number of benzene rings is 3. The highest BCUT2D eigenvalue weighted by Gasteiger charge is 2.14. The summed E-state index contributed by atoms with van der Waals surface area (Å²) >= 11 is 1.34. The lowest BCUT2D eigenvalue weighted by Crippen LogP contribution is -2.21. The van der Waals surface area contributed by atoms with Crippen molar-refractivity contribution < 1.29 is 9.31 Å². The maximum Gasteiger partial charge on any atom is 0.269 e. The van der Waals surface area contributed by atoms with Gasteiger partial charge in [0.2, 0.25) is 0 Å². The molecule has 0 saturated carbocycles. The first-order valence-corrected chi connectivity index (χ1v) is 9.65. The van der Waals surface area contributed by atoms with Gasteiger partial charge in [-0.15, -0.1) is 0 Å². The van der Waals surface area contributed by atoms with Crippen molar-refractivity contribution in [1.29, 1.82) is 0 Å². The highest BCUT2D eigenvalue weighted by atomic mass is 32.2. The lowest BCUT2D eigenvalue weighted by Gasteiger charge is -2.13. The van der Waals surface area contributed by atoms with E-state index in [1.54, 1.807) is 36.4 Å². The fourth-order valence-electron chi connectivity index (χ4n) is 2.89. The maximum absolute atomic E-state index is 13.2. The van der Waals surface area contributed by atoms with Crippen LogP contribution in [0.3, 0.4) is 0 Å². The van der Waals surface area contributed by atoms with E-state index in [0.717, 1.165) is 5.56 Å². The summed E-state index contributed by atoms with van der Waals surface area (Å²) in [4.78, 5) is 28.2. The van der Waals surface area contributed by atoms with Crippen molar-refractivity contribution in [3.8, 4) is 5.69 Å². The number of para-hydroxylation sites is 1. The van der Waals surface area contributed by atoms with Crippen molar-refractivity contribution in [2.75, 3.05) is 0 Å². The molecule has 0 bridgehead atoms. The molecule has 6 nitrogen and oxygen atoms in total. The topological polar surface area (TPSA) is 78.0 Å². The van der Waals surface area contributed by atoms with Crippen LogP contribution in [-0.4, -0.2) is 14.5 Å². The van der Waals surface area contributed by atoms with Crippen molar-refractivity contribution in [2.45, 2.75) is 10.9 Å². The Morgan fingerprint density at radius 2 is 1.69 bits per heavy atom. The Hall–Kier alpha value is -3.52. The van der Waals surface area contributed by atoms with E-state index in [2.05, 4.69) is 4.98 Å². The summed E-state index contributed by atoms with van der Waals surface area (Å²) in [7, 11) is 0. The van der Waals surface area contributed by atoms with Crippen molar-refractivity contribution in [2.24, 2.45) is 0 Å². The standard InChI is InChI=1S/C21H14FN3O3S/c22-15-7-5-14(6-8-15)13-29-21-23-19-4-2-1-3-18(19)20(26)24(21)16-9-11-17(12-10-16)25(27)28/h1-12H,13H2. The van der Waals surface area contributed by atoms with Crippen LogP contribution in [0.2, 0.25) is 0 Å². The molecule has 0 N–H and O–H groups in total. The van der Waals surface area contributed by atoms with E-state index < -0.39 is 4.92 Å². The molecule has 0 atom stereocenters. The Morgan fingerprint density at radius 3 is 2.38 bits per heavy atom. The van der Waals surface area contributed by atoms with Gasteiger partial charge in [0.1, 0.15) is 5.82 Å². The zero-order chi connectivity index (χ0) is 20.4. The van der Waals surface area contributed by atoms with E-state index in [1.165, 1.54) is 52.7 Å². The number of hydrogen-bond donors (Lipinski definition) is 0. The van der Waals surface area contributed by atoms with E-state index in [4.69, 9.17) is 0 Å². The van der Waals surface area contributed by atoms with Gasteiger partial charge < -0.3 is 0 Å². The van der Waals surface area contributed by atoms with E-state index >= 15 is 0 Å². The minimum absolute atomic E-state index is 0.0592. The first-order chi connectivity index (χ1) is 14.0. The number of fused-ring (bicyclic) bond motifs is 1. The van der Waals surface area contributed by atoms with E-state index in [0.29, 0.717) is 27.5 Å². The lowest BCUT2D eigenvalue weighted by atomic mass is 10.2. The summed E-state index contributed by atoms with van der Waals surface area (Å²) in [6.45, 7) is 0. The van der Waals surface area contributed by atoms with Gasteiger partial charge in [0, 0.05) is 17.9 Å². The number of halogens is 1. The van der Waals surface area contributed by atoms with Crippen LogP contribution in [0.5, 0.6) is 0 Å². The van der Waals surface area contributed by atoms with Gasteiger partial charge in [-0.05, 0) is 42.0 Å². The van der Waals surface area contributed by atoms with Gasteiger partial charge in [0.25, 0.3) is 11.2 Å². The molecular formula is C21H14FN3O3S. The van der Waals surface area contributed by atoms with Gasteiger partial charge >= 0.3 is 0 Å². The second kappa shape index (κ2) is 7.84. The average molecular weight is 407 g/mol. The zero-order valence-corrected chi connectivity index (χ0v) is 15.8. The third kappa shape index (κ3) is 3.88. The Morgan fingerprint density at radius 1 is 1.00 bits per heavy atom. The highest BCUT2D eigenvalue weighted by molar-refractivity contribution is 7.98. The first-order valence-electron chi connectivity index (χ1n) is 8.67. The Labute approximate surface area is 168 Å². The van der Waals surface area contributed by atoms with Gasteiger partial charge in [0.15, 0.2) is 5.16 Å². The SMILES string of the molecule is O=c1c2ccccc2nc(SCc2ccc(F)cc2)n1-c1ccc([N+](=O)[O-])cc1. The van der Waals surface area contributed by atoms with Crippen molar-refractivity contribution in [1.82, 2.24) is 9.55 Å². The van der Waals surface area contributed by atoms with Crippen molar-refractivity contribution in [3.63, 3.8) is 0 Å². The summed E-state index contributed by atoms with van der Waals surface area (Å²) in [5, 5.41) is 11.8. The number of non-ortho nitro benzene ring substituents is 1. The maximum atomic E-state index is 13.2. The number of nitro groups is 1.